The number of hydrogen-bond acceptors (Lipinski definition) is 4. The lowest BCUT2D eigenvalue weighted by molar-refractivity contribution is 0.282. The van der Waals surface area contributed by atoms with Crippen LogP contribution in [0.2, 0.25) is 0 Å². The van der Waals surface area contributed by atoms with E-state index in [0.717, 1.165) is 30.5 Å². The minimum Gasteiger partial charge on any atom is -0.384 e. The molecule has 1 fully saturated rings. The Morgan fingerprint density at radius 2 is 1.82 bits per heavy atom. The highest BCUT2D eigenvalue weighted by atomic mass is 32.2. The van der Waals surface area contributed by atoms with E-state index in [9.17, 15) is 12.8 Å². The molecule has 1 aliphatic heterocycles. The van der Waals surface area contributed by atoms with Gasteiger partial charge in [-0.1, -0.05) is 18.2 Å². The molecule has 0 unspecified atom stereocenters. The molecule has 3 aromatic rings. The summed E-state index contributed by atoms with van der Waals surface area (Å²) in [5, 5.41) is 4.31. The van der Waals surface area contributed by atoms with E-state index in [1.165, 1.54) is 12.1 Å². The van der Waals surface area contributed by atoms with Crippen molar-refractivity contribution in [2.45, 2.75) is 17.7 Å². The fourth-order valence-corrected chi connectivity index (χ4v) is 5.12. The van der Waals surface area contributed by atoms with Crippen molar-refractivity contribution in [1.82, 2.24) is 9.29 Å². The van der Waals surface area contributed by atoms with Crippen LogP contribution >= 0.6 is 0 Å². The number of nitrogens with one attached hydrogen (secondary N) is 1. The van der Waals surface area contributed by atoms with Crippen LogP contribution in [0.3, 0.4) is 0 Å². The Hall–Kier alpha value is -2.51. The number of fused-ring (bicyclic) bond motifs is 1. The summed E-state index contributed by atoms with van der Waals surface area (Å²) in [4.78, 5) is 4.56. The maximum atomic E-state index is 13.4. The average Bonchev–Trinajstić information content (AvgIpc) is 2.73. The van der Waals surface area contributed by atoms with Gasteiger partial charge in [-0.2, -0.15) is 4.31 Å². The zero-order valence-electron chi connectivity index (χ0n) is 15.4. The second-order valence-corrected chi connectivity index (χ2v) is 9.00. The zero-order chi connectivity index (χ0) is 19.6. The first-order chi connectivity index (χ1) is 13.5. The summed E-state index contributed by atoms with van der Waals surface area (Å²) < 4.78 is 40.4. The smallest absolute Gasteiger partial charge is 0.243 e. The van der Waals surface area contributed by atoms with Crippen molar-refractivity contribution in [3.63, 3.8) is 0 Å². The molecule has 2 aromatic carbocycles. The van der Waals surface area contributed by atoms with E-state index in [4.69, 9.17) is 0 Å². The SMILES string of the molecule is O=S(=O)(c1ccccc1)N1CCC(CNc2ccnc3cc(F)ccc23)CC1. The lowest BCUT2D eigenvalue weighted by Crippen LogP contribution is -2.39. The third-order valence-electron chi connectivity index (χ3n) is 5.24. The fraction of sp³-hybridized carbons (Fsp3) is 0.286. The van der Waals surface area contributed by atoms with Crippen molar-refractivity contribution in [1.29, 1.82) is 0 Å². The predicted molar refractivity (Wildman–Crippen MR) is 108 cm³/mol. The lowest BCUT2D eigenvalue weighted by Gasteiger charge is -2.31. The molecule has 1 aromatic heterocycles. The Bertz CT molecular complexity index is 1070. The Labute approximate surface area is 164 Å². The van der Waals surface area contributed by atoms with Gasteiger partial charge in [0.1, 0.15) is 5.82 Å². The second-order valence-electron chi connectivity index (χ2n) is 7.06. The van der Waals surface area contributed by atoms with Gasteiger partial charge in [0.15, 0.2) is 0 Å². The van der Waals surface area contributed by atoms with Crippen LogP contribution < -0.4 is 5.32 Å². The van der Waals surface area contributed by atoms with Gasteiger partial charge in [0.2, 0.25) is 10.0 Å². The number of rotatable bonds is 5. The molecule has 1 saturated heterocycles. The average molecular weight is 399 g/mol. The molecule has 7 heteroatoms. The summed E-state index contributed by atoms with van der Waals surface area (Å²) in [5.74, 6) is 0.0787. The highest BCUT2D eigenvalue weighted by molar-refractivity contribution is 7.89. The van der Waals surface area contributed by atoms with Gasteiger partial charge in [-0.15, -0.1) is 0 Å². The highest BCUT2D eigenvalue weighted by Crippen LogP contribution is 2.26. The van der Waals surface area contributed by atoms with Gasteiger partial charge < -0.3 is 5.32 Å². The predicted octanol–water partition coefficient (Wildman–Crippen LogP) is 3.89. The number of aromatic nitrogens is 1. The Morgan fingerprint density at radius 1 is 1.07 bits per heavy atom. The topological polar surface area (TPSA) is 62.3 Å². The molecular formula is C21H22FN3O2S. The van der Waals surface area contributed by atoms with Crippen molar-refractivity contribution in [2.24, 2.45) is 5.92 Å². The molecule has 0 bridgehead atoms. The van der Waals surface area contributed by atoms with E-state index in [1.807, 2.05) is 12.1 Å². The lowest BCUT2D eigenvalue weighted by atomic mass is 9.98. The molecule has 0 atom stereocenters. The molecule has 1 aliphatic rings. The fourth-order valence-electron chi connectivity index (χ4n) is 3.62. The normalized spacial score (nSPS) is 16.3. The largest absolute Gasteiger partial charge is 0.384 e. The summed E-state index contributed by atoms with van der Waals surface area (Å²) in [6.45, 7) is 1.79. The van der Waals surface area contributed by atoms with E-state index in [1.54, 1.807) is 40.8 Å². The first kappa shape index (κ1) is 18.8. The van der Waals surface area contributed by atoms with Crippen molar-refractivity contribution in [3.8, 4) is 0 Å². The quantitative estimate of drug-likeness (QED) is 0.707. The number of benzene rings is 2. The van der Waals surface area contributed by atoms with Gasteiger partial charge in [-0.05, 0) is 49.1 Å². The van der Waals surface area contributed by atoms with Gasteiger partial charge in [0.25, 0.3) is 0 Å². The van der Waals surface area contributed by atoms with E-state index in [2.05, 4.69) is 10.3 Å². The summed E-state index contributed by atoms with van der Waals surface area (Å²) in [7, 11) is -3.42. The Kier molecular flexibility index (Phi) is 5.28. The number of anilines is 1. The van der Waals surface area contributed by atoms with Gasteiger partial charge in [0.05, 0.1) is 10.4 Å². The number of nitrogens with zero attached hydrogens (tertiary/aromatic N) is 2. The van der Waals surface area contributed by atoms with Crippen LogP contribution in [0.15, 0.2) is 65.7 Å². The second kappa shape index (κ2) is 7.85. The van der Waals surface area contributed by atoms with E-state index in [-0.39, 0.29) is 5.82 Å². The minimum atomic E-state index is -3.42. The first-order valence-corrected chi connectivity index (χ1v) is 10.8. The molecule has 146 valence electrons. The van der Waals surface area contributed by atoms with Crippen molar-refractivity contribution in [2.75, 3.05) is 25.0 Å². The monoisotopic (exact) mass is 399 g/mol. The standard InChI is InChI=1S/C21H22FN3O2S/c22-17-6-7-19-20(8-11-23-21(19)14-17)24-15-16-9-12-25(13-10-16)28(26,27)18-4-2-1-3-5-18/h1-8,11,14,16H,9-10,12-13,15H2,(H,23,24). The van der Waals surface area contributed by atoms with Crippen LogP contribution in [-0.4, -0.2) is 37.3 Å². The molecule has 0 saturated carbocycles. The molecule has 0 radical (unpaired) electrons. The van der Waals surface area contributed by atoms with E-state index < -0.39 is 10.0 Å². The minimum absolute atomic E-state index is 0.302. The van der Waals surface area contributed by atoms with Crippen LogP contribution in [0.1, 0.15) is 12.8 Å². The van der Waals surface area contributed by atoms with Crippen LogP contribution in [0.4, 0.5) is 10.1 Å². The van der Waals surface area contributed by atoms with Gasteiger partial charge in [-0.25, -0.2) is 12.8 Å². The van der Waals surface area contributed by atoms with Crippen molar-refractivity contribution >= 4 is 26.6 Å². The van der Waals surface area contributed by atoms with E-state index in [0.29, 0.717) is 29.4 Å². The van der Waals surface area contributed by atoms with Crippen LogP contribution in [0, 0.1) is 11.7 Å². The Morgan fingerprint density at radius 3 is 2.57 bits per heavy atom. The molecule has 1 N–H and O–H groups in total. The molecule has 0 spiro atoms. The van der Waals surface area contributed by atoms with Gasteiger partial charge in [0, 0.05) is 43.0 Å². The van der Waals surface area contributed by atoms with E-state index >= 15 is 0 Å². The zero-order valence-corrected chi connectivity index (χ0v) is 16.2. The van der Waals surface area contributed by atoms with Crippen LogP contribution in [-0.2, 0) is 10.0 Å². The summed E-state index contributed by atoms with van der Waals surface area (Å²) in [5.41, 5.74) is 1.54. The highest BCUT2D eigenvalue weighted by Gasteiger charge is 2.29. The number of hydrogen-bond donors (Lipinski definition) is 1. The summed E-state index contributed by atoms with van der Waals surface area (Å²) in [6, 6.07) is 15.1. The van der Waals surface area contributed by atoms with Crippen molar-refractivity contribution < 1.29 is 12.8 Å². The van der Waals surface area contributed by atoms with Gasteiger partial charge >= 0.3 is 0 Å². The number of piperidine rings is 1. The molecule has 0 amide bonds. The maximum Gasteiger partial charge on any atom is 0.243 e. The Balaban J connectivity index is 1.38. The third-order valence-corrected chi connectivity index (χ3v) is 7.15. The maximum absolute atomic E-state index is 13.4. The van der Waals surface area contributed by atoms with Crippen molar-refractivity contribution in [3.05, 3.63) is 66.6 Å². The first-order valence-electron chi connectivity index (χ1n) is 9.37. The summed E-state index contributed by atoms with van der Waals surface area (Å²) in [6.07, 6.45) is 3.27. The molecule has 28 heavy (non-hydrogen) atoms. The molecule has 0 aliphatic carbocycles. The summed E-state index contributed by atoms with van der Waals surface area (Å²) >= 11 is 0. The molecule has 4 rings (SSSR count). The van der Waals surface area contributed by atoms with Crippen LogP contribution in [0.5, 0.6) is 0 Å². The number of halogens is 1. The number of pyridine rings is 1. The molecule has 5 nitrogen and oxygen atoms in total. The molecule has 2 heterocycles. The molecular weight excluding hydrogens is 377 g/mol. The van der Waals surface area contributed by atoms with Gasteiger partial charge in [-0.3, -0.25) is 4.98 Å². The number of sulfonamides is 1. The third kappa shape index (κ3) is 3.86. The van der Waals surface area contributed by atoms with Crippen LogP contribution in [0.25, 0.3) is 10.9 Å².